The standard InChI is InChI=1S/C12H15NO.3CO.Cr/c14-8-10-9-4-1-2-5-11(9)13-7-3-6-12(10)13;3*1-2;/h1-2,4-5,10,12,14H,3,6-8H2;;;;/t10-,12-;;;;/m1..../s1. The van der Waals surface area contributed by atoms with Crippen molar-refractivity contribution in [3.63, 3.8) is 0 Å². The van der Waals surface area contributed by atoms with Gasteiger partial charge in [-0.15, -0.1) is 0 Å². The molecule has 5 nitrogen and oxygen atoms in total. The zero-order valence-corrected chi connectivity index (χ0v) is 12.6. The molecule has 0 bridgehead atoms. The summed E-state index contributed by atoms with van der Waals surface area (Å²) in [6, 6.07) is 9.08. The number of hydrogen-bond donors (Lipinski definition) is 1. The van der Waals surface area contributed by atoms with Crippen molar-refractivity contribution < 1.29 is 36.4 Å². The Bertz CT molecular complexity index is 443. The average Bonchev–Trinajstić information content (AvgIpc) is 3.13. The van der Waals surface area contributed by atoms with E-state index in [4.69, 9.17) is 14.0 Å². The fraction of sp³-hybridized carbons (Fsp3) is 0.400. The Balaban J connectivity index is 0. The summed E-state index contributed by atoms with van der Waals surface area (Å²) in [5, 5.41) is 9.43. The summed E-state index contributed by atoms with van der Waals surface area (Å²) in [7, 11) is 0. The van der Waals surface area contributed by atoms with E-state index < -0.39 is 0 Å². The fourth-order valence-corrected chi connectivity index (χ4v) is 3.00. The predicted molar refractivity (Wildman–Crippen MR) is 68.4 cm³/mol. The van der Waals surface area contributed by atoms with Crippen LogP contribution in [-0.4, -0.2) is 24.3 Å². The molecular formula is C15H15CrNO4. The first-order valence-corrected chi connectivity index (χ1v) is 5.99. The van der Waals surface area contributed by atoms with E-state index in [-0.39, 0.29) is 24.0 Å². The van der Waals surface area contributed by atoms with Crippen LogP contribution in [-0.2, 0) is 31.3 Å². The quantitative estimate of drug-likeness (QED) is 0.629. The van der Waals surface area contributed by atoms with Crippen LogP contribution >= 0.6 is 0 Å². The van der Waals surface area contributed by atoms with Gasteiger partial charge in [0, 0.05) is 41.6 Å². The van der Waals surface area contributed by atoms with Crippen molar-refractivity contribution in [2.24, 2.45) is 0 Å². The molecule has 0 aromatic heterocycles. The topological polar surface area (TPSA) is 83.2 Å². The van der Waals surface area contributed by atoms with Crippen molar-refractivity contribution in [3.8, 4) is 0 Å². The number of aliphatic hydroxyl groups excluding tert-OH is 1. The molecule has 2 atom stereocenters. The van der Waals surface area contributed by atoms with Crippen LogP contribution in [0, 0.1) is 20.0 Å². The molecule has 110 valence electrons. The van der Waals surface area contributed by atoms with Crippen molar-refractivity contribution in [1.82, 2.24) is 0 Å². The van der Waals surface area contributed by atoms with Gasteiger partial charge in [-0.25, -0.2) is 0 Å². The van der Waals surface area contributed by atoms with Crippen LogP contribution in [0.25, 0.3) is 0 Å². The SMILES string of the molecule is OC[C@@H]1c2ccccc2N2CCC[C@H]12.[C-]#[O+].[C-]#[O+].[C-]#[O+].[Cr]. The molecule has 21 heavy (non-hydrogen) atoms. The van der Waals surface area contributed by atoms with E-state index in [0.717, 1.165) is 6.54 Å². The number of rotatable bonds is 1. The maximum absolute atomic E-state index is 9.43. The molecule has 1 saturated heterocycles. The molecule has 0 saturated carbocycles. The molecule has 2 aliphatic heterocycles. The van der Waals surface area contributed by atoms with Crippen molar-refractivity contribution >= 4 is 5.69 Å². The minimum atomic E-state index is 0. The van der Waals surface area contributed by atoms with Gasteiger partial charge < -0.3 is 10.0 Å². The van der Waals surface area contributed by atoms with Crippen LogP contribution in [0.15, 0.2) is 24.3 Å². The van der Waals surface area contributed by atoms with E-state index >= 15 is 0 Å². The number of para-hydroxylation sites is 1. The molecular weight excluding hydrogens is 310 g/mol. The molecule has 1 fully saturated rings. The molecule has 1 N–H and O–H groups in total. The van der Waals surface area contributed by atoms with Gasteiger partial charge in [0.05, 0.1) is 6.61 Å². The summed E-state index contributed by atoms with van der Waals surface area (Å²) in [6.45, 7) is 15.0. The molecule has 0 unspecified atom stereocenters. The molecule has 1 aromatic carbocycles. The molecule has 3 rings (SSSR count). The molecule has 2 aliphatic rings. The van der Waals surface area contributed by atoms with Crippen LogP contribution in [0.4, 0.5) is 5.69 Å². The van der Waals surface area contributed by atoms with Gasteiger partial charge in [0.1, 0.15) is 0 Å². The van der Waals surface area contributed by atoms with E-state index in [0.29, 0.717) is 12.0 Å². The maximum atomic E-state index is 9.43. The maximum Gasteiger partial charge on any atom is 0 e. The Morgan fingerprint density at radius 2 is 1.67 bits per heavy atom. The average molecular weight is 325 g/mol. The Morgan fingerprint density at radius 3 is 2.24 bits per heavy atom. The third-order valence-electron chi connectivity index (χ3n) is 3.61. The van der Waals surface area contributed by atoms with Gasteiger partial charge in [0.2, 0.25) is 0 Å². The van der Waals surface area contributed by atoms with Crippen molar-refractivity contribution in [2.75, 3.05) is 18.1 Å². The Hall–Kier alpha value is -1.27. The zero-order chi connectivity index (χ0) is 15.5. The van der Waals surface area contributed by atoms with E-state index in [1.165, 1.54) is 24.1 Å². The number of aliphatic hydroxyl groups is 1. The normalized spacial score (nSPS) is 19.7. The Labute approximate surface area is 135 Å². The van der Waals surface area contributed by atoms with Gasteiger partial charge >= 0.3 is 33.9 Å². The summed E-state index contributed by atoms with van der Waals surface area (Å²) < 4.78 is 22.5. The van der Waals surface area contributed by atoms with Gasteiger partial charge in [-0.05, 0) is 24.5 Å². The molecule has 6 heteroatoms. The molecule has 1 aromatic rings. The number of hydrogen-bond acceptors (Lipinski definition) is 2. The van der Waals surface area contributed by atoms with E-state index in [1.807, 2.05) is 0 Å². The largest absolute Gasteiger partial charge is 0 e. The predicted octanol–water partition coefficient (Wildman–Crippen LogP) is 1.63. The van der Waals surface area contributed by atoms with Crippen LogP contribution in [0.1, 0.15) is 24.3 Å². The van der Waals surface area contributed by atoms with E-state index in [1.54, 1.807) is 0 Å². The second-order valence-electron chi connectivity index (χ2n) is 4.25. The van der Waals surface area contributed by atoms with Crippen LogP contribution in [0.2, 0.25) is 0 Å². The minimum Gasteiger partial charge on any atom is 0 e. The number of fused-ring (bicyclic) bond motifs is 3. The second kappa shape index (κ2) is 12.5. The van der Waals surface area contributed by atoms with Gasteiger partial charge in [-0.1, -0.05) is 18.2 Å². The van der Waals surface area contributed by atoms with Crippen LogP contribution in [0.3, 0.4) is 0 Å². The summed E-state index contributed by atoms with van der Waals surface area (Å²) >= 11 is 0. The summed E-state index contributed by atoms with van der Waals surface area (Å²) in [4.78, 5) is 2.47. The number of nitrogens with zero attached hydrogens (tertiary/aromatic N) is 1. The first-order chi connectivity index (χ1) is 9.92. The molecule has 0 spiro atoms. The number of benzene rings is 1. The van der Waals surface area contributed by atoms with Crippen molar-refractivity contribution in [3.05, 3.63) is 49.8 Å². The third-order valence-corrected chi connectivity index (χ3v) is 3.61. The van der Waals surface area contributed by atoms with Crippen molar-refractivity contribution in [2.45, 2.75) is 24.8 Å². The monoisotopic (exact) mass is 325 g/mol. The van der Waals surface area contributed by atoms with E-state index in [2.05, 4.69) is 49.1 Å². The zero-order valence-electron chi connectivity index (χ0n) is 11.3. The summed E-state index contributed by atoms with van der Waals surface area (Å²) in [5.74, 6) is 0.355. The molecule has 0 aliphatic carbocycles. The fourth-order valence-electron chi connectivity index (χ4n) is 3.00. The Morgan fingerprint density at radius 1 is 1.10 bits per heavy atom. The third kappa shape index (κ3) is 4.61. The van der Waals surface area contributed by atoms with Crippen molar-refractivity contribution in [1.29, 1.82) is 0 Å². The minimum absolute atomic E-state index is 0. The van der Waals surface area contributed by atoms with E-state index in [9.17, 15) is 5.11 Å². The van der Waals surface area contributed by atoms with Gasteiger partial charge in [-0.2, -0.15) is 0 Å². The summed E-state index contributed by atoms with van der Waals surface area (Å²) in [5.41, 5.74) is 2.70. The summed E-state index contributed by atoms with van der Waals surface area (Å²) in [6.07, 6.45) is 2.51. The first kappa shape index (κ1) is 22.0. The number of anilines is 1. The van der Waals surface area contributed by atoms with Gasteiger partial charge in [0.15, 0.2) is 0 Å². The first-order valence-electron chi connectivity index (χ1n) is 5.99. The molecule has 0 amide bonds. The molecule has 2 heterocycles. The smallest absolute Gasteiger partial charge is 0 e. The second-order valence-corrected chi connectivity index (χ2v) is 4.25. The van der Waals surface area contributed by atoms with Gasteiger partial charge in [-0.3, -0.25) is 0 Å². The van der Waals surface area contributed by atoms with Crippen LogP contribution in [0.5, 0.6) is 0 Å². The molecule has 0 radical (unpaired) electrons. The van der Waals surface area contributed by atoms with Crippen LogP contribution < -0.4 is 4.90 Å². The Kier molecular flexibility index (Phi) is 13.1. The van der Waals surface area contributed by atoms with Gasteiger partial charge in [0.25, 0.3) is 0 Å².